The fourth-order valence-electron chi connectivity index (χ4n) is 1.61. The Balaban J connectivity index is 2.72. The number of hydrogen-bond acceptors (Lipinski definition) is 4. The number of hydrogen-bond donors (Lipinski definition) is 2. The van der Waals surface area contributed by atoms with Gasteiger partial charge < -0.3 is 20.5 Å². The molecule has 1 atom stereocenters. The van der Waals surface area contributed by atoms with Gasteiger partial charge in [-0.2, -0.15) is 0 Å². The average molecular weight is 294 g/mol. The van der Waals surface area contributed by atoms with Crippen molar-refractivity contribution in [3.63, 3.8) is 0 Å². The molecule has 1 aromatic rings. The van der Waals surface area contributed by atoms with Crippen LogP contribution in [0.5, 0.6) is 11.5 Å². The Morgan fingerprint density at radius 1 is 1.33 bits per heavy atom. The largest absolute Gasteiger partial charge is 0.493 e. The zero-order valence-electron chi connectivity index (χ0n) is 13.5. The number of ether oxygens (including phenoxy) is 2. The van der Waals surface area contributed by atoms with Gasteiger partial charge >= 0.3 is 0 Å². The summed E-state index contributed by atoms with van der Waals surface area (Å²) in [4.78, 5) is 11.0. The Labute approximate surface area is 126 Å². The van der Waals surface area contributed by atoms with E-state index in [2.05, 4.69) is 26.1 Å². The van der Waals surface area contributed by atoms with Crippen molar-refractivity contribution < 1.29 is 14.3 Å². The van der Waals surface area contributed by atoms with Gasteiger partial charge in [0.2, 0.25) is 5.91 Å². The van der Waals surface area contributed by atoms with Crippen LogP contribution in [0, 0.1) is 5.92 Å². The van der Waals surface area contributed by atoms with Crippen LogP contribution in [0.1, 0.15) is 33.3 Å². The third-order valence-electron chi connectivity index (χ3n) is 3.03. The highest BCUT2D eigenvalue weighted by molar-refractivity contribution is 5.76. The highest BCUT2D eigenvalue weighted by Gasteiger charge is 2.13. The molecular weight excluding hydrogens is 268 g/mol. The first kappa shape index (κ1) is 17.3. The predicted octanol–water partition coefficient (Wildman–Crippen LogP) is 2.08. The van der Waals surface area contributed by atoms with E-state index in [1.54, 1.807) is 14.0 Å². The monoisotopic (exact) mass is 294 g/mol. The van der Waals surface area contributed by atoms with E-state index in [9.17, 15) is 4.79 Å². The normalized spacial score (nSPS) is 12.8. The maximum Gasteiger partial charge on any atom is 0.223 e. The molecule has 118 valence electrons. The zero-order valence-corrected chi connectivity index (χ0v) is 13.5. The highest BCUT2D eigenvalue weighted by Crippen LogP contribution is 2.28. The van der Waals surface area contributed by atoms with Gasteiger partial charge in [0.25, 0.3) is 0 Å². The van der Waals surface area contributed by atoms with Crippen molar-refractivity contribution in [2.45, 2.75) is 39.8 Å². The SMILES string of the molecule is COc1cc(CNC(C)(C)C)ccc1OCC(C)C(N)=O. The Hall–Kier alpha value is -1.75. The molecule has 0 radical (unpaired) electrons. The van der Waals surface area contributed by atoms with Crippen LogP contribution in [-0.4, -0.2) is 25.2 Å². The summed E-state index contributed by atoms with van der Waals surface area (Å²) in [6.07, 6.45) is 0. The van der Waals surface area contributed by atoms with Crippen molar-refractivity contribution in [3.05, 3.63) is 23.8 Å². The van der Waals surface area contributed by atoms with Crippen LogP contribution in [0.2, 0.25) is 0 Å². The van der Waals surface area contributed by atoms with E-state index in [-0.39, 0.29) is 24.0 Å². The van der Waals surface area contributed by atoms with Gasteiger partial charge in [0.05, 0.1) is 19.6 Å². The highest BCUT2D eigenvalue weighted by atomic mass is 16.5. The van der Waals surface area contributed by atoms with Gasteiger partial charge in [0, 0.05) is 12.1 Å². The molecule has 3 N–H and O–H groups in total. The lowest BCUT2D eigenvalue weighted by Gasteiger charge is -2.21. The second kappa shape index (κ2) is 7.31. The molecule has 1 unspecified atom stereocenters. The molecule has 0 aliphatic heterocycles. The molecule has 0 saturated carbocycles. The number of benzene rings is 1. The summed E-state index contributed by atoms with van der Waals surface area (Å²) in [5, 5.41) is 3.42. The van der Waals surface area contributed by atoms with Gasteiger partial charge in [-0.1, -0.05) is 13.0 Å². The summed E-state index contributed by atoms with van der Waals surface area (Å²) < 4.78 is 10.9. The van der Waals surface area contributed by atoms with Crippen LogP contribution in [0.15, 0.2) is 18.2 Å². The molecule has 0 fully saturated rings. The van der Waals surface area contributed by atoms with E-state index in [0.717, 1.165) is 12.1 Å². The van der Waals surface area contributed by atoms with E-state index < -0.39 is 0 Å². The van der Waals surface area contributed by atoms with Crippen LogP contribution in [0.25, 0.3) is 0 Å². The third-order valence-corrected chi connectivity index (χ3v) is 3.03. The van der Waals surface area contributed by atoms with Crippen LogP contribution in [0.4, 0.5) is 0 Å². The minimum atomic E-state index is -0.375. The van der Waals surface area contributed by atoms with Gasteiger partial charge in [-0.3, -0.25) is 4.79 Å². The Morgan fingerprint density at radius 2 is 2.00 bits per heavy atom. The van der Waals surface area contributed by atoms with E-state index >= 15 is 0 Å². The van der Waals surface area contributed by atoms with Crippen LogP contribution >= 0.6 is 0 Å². The molecule has 1 amide bonds. The van der Waals surface area contributed by atoms with Crippen LogP contribution < -0.4 is 20.5 Å². The average Bonchev–Trinajstić information content (AvgIpc) is 2.41. The van der Waals surface area contributed by atoms with Crippen LogP contribution in [-0.2, 0) is 11.3 Å². The van der Waals surface area contributed by atoms with Crippen molar-refractivity contribution in [1.29, 1.82) is 0 Å². The number of primary amides is 1. The Bertz CT molecular complexity index is 481. The second-order valence-electron chi connectivity index (χ2n) is 6.20. The fraction of sp³-hybridized carbons (Fsp3) is 0.562. The summed E-state index contributed by atoms with van der Waals surface area (Å²) in [6, 6.07) is 5.76. The lowest BCUT2D eigenvalue weighted by molar-refractivity contribution is -0.122. The van der Waals surface area contributed by atoms with Gasteiger partial charge in [-0.05, 0) is 38.5 Å². The van der Waals surface area contributed by atoms with Crippen molar-refractivity contribution in [3.8, 4) is 11.5 Å². The molecule has 1 rings (SSSR count). The van der Waals surface area contributed by atoms with Gasteiger partial charge in [0.1, 0.15) is 0 Å². The maximum absolute atomic E-state index is 11.0. The number of nitrogens with two attached hydrogens (primary N) is 1. The number of amides is 1. The van der Waals surface area contributed by atoms with Crippen LogP contribution in [0.3, 0.4) is 0 Å². The molecule has 0 aliphatic carbocycles. The maximum atomic E-state index is 11.0. The summed E-state index contributed by atoms with van der Waals surface area (Å²) >= 11 is 0. The van der Waals surface area contributed by atoms with Crippen molar-refractivity contribution in [1.82, 2.24) is 5.32 Å². The smallest absolute Gasteiger partial charge is 0.223 e. The van der Waals surface area contributed by atoms with Crippen molar-refractivity contribution in [2.24, 2.45) is 11.7 Å². The quantitative estimate of drug-likeness (QED) is 0.807. The number of methoxy groups -OCH3 is 1. The number of nitrogens with one attached hydrogen (secondary N) is 1. The summed E-state index contributed by atoms with van der Waals surface area (Å²) in [5.41, 5.74) is 6.38. The summed E-state index contributed by atoms with van der Waals surface area (Å²) in [7, 11) is 1.60. The van der Waals surface area contributed by atoms with Gasteiger partial charge in [0.15, 0.2) is 11.5 Å². The van der Waals surface area contributed by atoms with Crippen molar-refractivity contribution >= 4 is 5.91 Å². The molecule has 0 bridgehead atoms. The standard InChI is InChI=1S/C16H26N2O3/c1-11(15(17)19)10-21-13-7-6-12(8-14(13)20-5)9-18-16(2,3)4/h6-8,11,18H,9-10H2,1-5H3,(H2,17,19). The fourth-order valence-corrected chi connectivity index (χ4v) is 1.61. The molecule has 21 heavy (non-hydrogen) atoms. The topological polar surface area (TPSA) is 73.6 Å². The van der Waals surface area contributed by atoms with Gasteiger partial charge in [-0.15, -0.1) is 0 Å². The van der Waals surface area contributed by atoms with E-state index in [1.807, 2.05) is 18.2 Å². The summed E-state index contributed by atoms with van der Waals surface area (Å²) in [6.45, 7) is 9.08. The van der Waals surface area contributed by atoms with E-state index in [4.69, 9.17) is 15.2 Å². The first-order chi connectivity index (χ1) is 9.73. The lowest BCUT2D eigenvalue weighted by atomic mass is 10.1. The summed E-state index contributed by atoms with van der Waals surface area (Å²) in [5.74, 6) is 0.557. The predicted molar refractivity (Wildman–Crippen MR) is 83.4 cm³/mol. The molecule has 5 heteroatoms. The first-order valence-electron chi connectivity index (χ1n) is 7.07. The first-order valence-corrected chi connectivity index (χ1v) is 7.07. The molecule has 0 aliphatic rings. The number of carbonyl (C=O) groups is 1. The molecule has 0 saturated heterocycles. The molecule has 5 nitrogen and oxygen atoms in total. The molecule has 0 spiro atoms. The molecular formula is C16H26N2O3. The Morgan fingerprint density at radius 3 is 2.52 bits per heavy atom. The number of rotatable bonds is 7. The van der Waals surface area contributed by atoms with E-state index in [1.165, 1.54) is 0 Å². The molecule has 0 heterocycles. The number of carbonyl (C=O) groups excluding carboxylic acids is 1. The minimum absolute atomic E-state index is 0.0549. The minimum Gasteiger partial charge on any atom is -0.493 e. The molecule has 1 aromatic carbocycles. The second-order valence-corrected chi connectivity index (χ2v) is 6.20. The zero-order chi connectivity index (χ0) is 16.0. The van der Waals surface area contributed by atoms with Gasteiger partial charge in [-0.25, -0.2) is 0 Å². The third kappa shape index (κ3) is 6.04. The van der Waals surface area contributed by atoms with E-state index in [0.29, 0.717) is 11.5 Å². The molecule has 0 aromatic heterocycles. The van der Waals surface area contributed by atoms with Crippen molar-refractivity contribution in [2.75, 3.05) is 13.7 Å². The Kier molecular flexibility index (Phi) is 6.03. The lowest BCUT2D eigenvalue weighted by Crippen LogP contribution is -2.35.